The van der Waals surface area contributed by atoms with E-state index in [0.29, 0.717) is 26.8 Å². The molecule has 0 saturated carbocycles. The predicted octanol–water partition coefficient (Wildman–Crippen LogP) is 4.99. The standard InChI is InChI=1S/C27H19ClF2N2O4S/c1-3-35-26(34)23-14(2)31-27-32(24(23)17-6-4-5-7-19(17)28)25(33)22(37-27)13-16-9-11-21(36-16)18-10-8-15(29)12-20(18)30/h4-13,24H,3H2,1-2H3/b22-13-/t24-/m1/s1. The average molecular weight is 541 g/mol. The molecule has 4 aromatic rings. The zero-order chi connectivity index (χ0) is 26.3. The number of aromatic nitrogens is 1. The van der Waals surface area contributed by atoms with Crippen molar-refractivity contribution < 1.29 is 22.7 Å². The zero-order valence-corrected chi connectivity index (χ0v) is 21.2. The van der Waals surface area contributed by atoms with Gasteiger partial charge in [0.2, 0.25) is 0 Å². The van der Waals surface area contributed by atoms with Crippen LogP contribution in [0.25, 0.3) is 17.4 Å². The maximum atomic E-state index is 14.2. The number of rotatable bonds is 5. The van der Waals surface area contributed by atoms with Crippen LogP contribution < -0.4 is 14.9 Å². The molecule has 0 aliphatic carbocycles. The highest BCUT2D eigenvalue weighted by molar-refractivity contribution is 7.07. The molecule has 5 rings (SSSR count). The average Bonchev–Trinajstić information content (AvgIpc) is 3.43. The third-order valence-electron chi connectivity index (χ3n) is 5.81. The van der Waals surface area contributed by atoms with E-state index in [-0.39, 0.29) is 28.0 Å². The molecule has 1 aliphatic rings. The monoisotopic (exact) mass is 540 g/mol. The van der Waals surface area contributed by atoms with E-state index in [9.17, 15) is 18.4 Å². The van der Waals surface area contributed by atoms with Crippen LogP contribution in [0.1, 0.15) is 31.2 Å². The third-order valence-corrected chi connectivity index (χ3v) is 7.14. The summed E-state index contributed by atoms with van der Waals surface area (Å²) in [5.41, 5.74) is 0.885. The highest BCUT2D eigenvalue weighted by Crippen LogP contribution is 2.34. The molecule has 0 amide bonds. The Hall–Kier alpha value is -3.82. The summed E-state index contributed by atoms with van der Waals surface area (Å²) >= 11 is 7.61. The molecule has 0 bridgehead atoms. The van der Waals surface area contributed by atoms with Gasteiger partial charge in [-0.25, -0.2) is 18.6 Å². The molecule has 1 aliphatic heterocycles. The molecule has 10 heteroatoms. The van der Waals surface area contributed by atoms with Crippen molar-refractivity contribution in [2.45, 2.75) is 19.9 Å². The van der Waals surface area contributed by atoms with Crippen molar-refractivity contribution in [1.29, 1.82) is 0 Å². The summed E-state index contributed by atoms with van der Waals surface area (Å²) in [4.78, 5) is 31.5. The number of fused-ring (bicyclic) bond motifs is 1. The lowest BCUT2D eigenvalue weighted by Crippen LogP contribution is -2.40. The number of allylic oxidation sites excluding steroid dienone is 1. The van der Waals surface area contributed by atoms with Crippen molar-refractivity contribution in [3.63, 3.8) is 0 Å². The van der Waals surface area contributed by atoms with E-state index in [1.165, 1.54) is 22.8 Å². The molecule has 0 fully saturated rings. The van der Waals surface area contributed by atoms with Gasteiger partial charge in [0.05, 0.1) is 28.0 Å². The molecule has 6 nitrogen and oxygen atoms in total. The number of hydrogen-bond acceptors (Lipinski definition) is 6. The second kappa shape index (κ2) is 9.91. The van der Waals surface area contributed by atoms with Crippen molar-refractivity contribution in [2.75, 3.05) is 6.61 Å². The Labute approximate surface area is 218 Å². The number of nitrogens with zero attached hydrogens (tertiary/aromatic N) is 2. The van der Waals surface area contributed by atoms with Crippen LogP contribution in [0, 0.1) is 11.6 Å². The lowest BCUT2D eigenvalue weighted by molar-refractivity contribution is -0.139. The SMILES string of the molecule is CCOC(=O)C1=C(C)N=c2s/c(=C\c3ccc(-c4ccc(F)cc4F)o3)c(=O)n2[C@@H]1c1ccccc1Cl. The van der Waals surface area contributed by atoms with Crippen molar-refractivity contribution in [3.8, 4) is 11.3 Å². The number of ether oxygens (including phenoxy) is 1. The van der Waals surface area contributed by atoms with Crippen LogP contribution in [0.3, 0.4) is 0 Å². The molecule has 0 spiro atoms. The number of benzene rings is 2. The molecule has 2 aromatic carbocycles. The van der Waals surface area contributed by atoms with Gasteiger partial charge in [0.25, 0.3) is 5.56 Å². The predicted molar refractivity (Wildman–Crippen MR) is 136 cm³/mol. The van der Waals surface area contributed by atoms with E-state index in [0.717, 1.165) is 23.5 Å². The molecule has 0 unspecified atom stereocenters. The molecule has 2 aromatic heterocycles. The number of hydrogen-bond donors (Lipinski definition) is 0. The smallest absolute Gasteiger partial charge is 0.338 e. The highest BCUT2D eigenvalue weighted by Gasteiger charge is 2.34. The molecule has 37 heavy (non-hydrogen) atoms. The summed E-state index contributed by atoms with van der Waals surface area (Å²) < 4.78 is 40.2. The largest absolute Gasteiger partial charge is 0.463 e. The Kier molecular flexibility index (Phi) is 6.66. The molecule has 0 saturated heterocycles. The van der Waals surface area contributed by atoms with E-state index >= 15 is 0 Å². The second-order valence-corrected chi connectivity index (χ2v) is 9.57. The molecule has 188 valence electrons. The first-order valence-electron chi connectivity index (χ1n) is 11.3. The van der Waals surface area contributed by atoms with Crippen molar-refractivity contribution in [3.05, 3.63) is 114 Å². The van der Waals surface area contributed by atoms with Gasteiger partial charge < -0.3 is 9.15 Å². The number of carbonyl (C=O) groups excluding carboxylic acids is 1. The number of furan rings is 1. The lowest BCUT2D eigenvalue weighted by Gasteiger charge is -2.25. The third kappa shape index (κ3) is 4.56. The first-order chi connectivity index (χ1) is 17.8. The summed E-state index contributed by atoms with van der Waals surface area (Å²) in [7, 11) is 0. The van der Waals surface area contributed by atoms with Gasteiger partial charge >= 0.3 is 5.97 Å². The number of esters is 1. The number of halogens is 3. The van der Waals surface area contributed by atoms with Gasteiger partial charge in [0.1, 0.15) is 29.2 Å². The van der Waals surface area contributed by atoms with Crippen LogP contribution in [0.15, 0.2) is 80.1 Å². The van der Waals surface area contributed by atoms with Crippen molar-refractivity contribution in [2.24, 2.45) is 4.99 Å². The van der Waals surface area contributed by atoms with Crippen LogP contribution in [-0.4, -0.2) is 17.1 Å². The molecule has 3 heterocycles. The Bertz CT molecular complexity index is 1750. The maximum Gasteiger partial charge on any atom is 0.338 e. The van der Waals surface area contributed by atoms with E-state index in [1.807, 2.05) is 0 Å². The molecule has 0 N–H and O–H groups in total. The Morgan fingerprint density at radius 2 is 2.00 bits per heavy atom. The maximum absolute atomic E-state index is 14.2. The first-order valence-corrected chi connectivity index (χ1v) is 12.5. The van der Waals surface area contributed by atoms with Crippen LogP contribution in [-0.2, 0) is 9.53 Å². The number of carbonyl (C=O) groups is 1. The molecule has 1 atom stereocenters. The lowest BCUT2D eigenvalue weighted by atomic mass is 9.96. The second-order valence-electron chi connectivity index (χ2n) is 8.15. The molecular weight excluding hydrogens is 522 g/mol. The first kappa shape index (κ1) is 24.9. The van der Waals surface area contributed by atoms with E-state index in [2.05, 4.69) is 4.99 Å². The van der Waals surface area contributed by atoms with Gasteiger partial charge in [0.15, 0.2) is 4.80 Å². The fourth-order valence-corrected chi connectivity index (χ4v) is 5.44. The van der Waals surface area contributed by atoms with Crippen LogP contribution >= 0.6 is 22.9 Å². The zero-order valence-electron chi connectivity index (χ0n) is 19.6. The van der Waals surface area contributed by atoms with Gasteiger partial charge in [-0.3, -0.25) is 9.36 Å². The molecular formula is C27H19ClF2N2O4S. The summed E-state index contributed by atoms with van der Waals surface area (Å²) in [6.45, 7) is 3.54. The normalized spacial score (nSPS) is 15.5. The summed E-state index contributed by atoms with van der Waals surface area (Å²) in [5, 5.41) is 0.385. The quantitative estimate of drug-likeness (QED) is 0.334. The highest BCUT2D eigenvalue weighted by atomic mass is 35.5. The van der Waals surface area contributed by atoms with E-state index < -0.39 is 29.2 Å². The summed E-state index contributed by atoms with van der Waals surface area (Å²) in [6.07, 6.45) is 1.52. The Morgan fingerprint density at radius 3 is 2.73 bits per heavy atom. The van der Waals surface area contributed by atoms with Crippen LogP contribution in [0.4, 0.5) is 8.78 Å². The van der Waals surface area contributed by atoms with Gasteiger partial charge in [-0.1, -0.05) is 41.1 Å². The van der Waals surface area contributed by atoms with Gasteiger partial charge in [0, 0.05) is 17.2 Å². The minimum absolute atomic E-state index is 0.0935. The molecule has 0 radical (unpaired) electrons. The topological polar surface area (TPSA) is 73.8 Å². The fraction of sp³-hybridized carbons (Fsp3) is 0.148. The van der Waals surface area contributed by atoms with Crippen LogP contribution in [0.2, 0.25) is 5.02 Å². The van der Waals surface area contributed by atoms with Crippen molar-refractivity contribution >= 4 is 35.0 Å². The summed E-state index contributed by atoms with van der Waals surface area (Å²) in [6, 6.07) is 12.4. The summed E-state index contributed by atoms with van der Waals surface area (Å²) in [5.74, 6) is -1.56. The van der Waals surface area contributed by atoms with E-state index in [1.54, 1.807) is 44.2 Å². The van der Waals surface area contributed by atoms with Crippen LogP contribution in [0.5, 0.6) is 0 Å². The minimum Gasteiger partial charge on any atom is -0.463 e. The van der Waals surface area contributed by atoms with Crippen molar-refractivity contribution in [1.82, 2.24) is 4.57 Å². The van der Waals surface area contributed by atoms with Gasteiger partial charge in [-0.2, -0.15) is 0 Å². The van der Waals surface area contributed by atoms with Gasteiger partial charge in [-0.05, 0) is 49.7 Å². The Balaban J connectivity index is 1.65. The van der Waals surface area contributed by atoms with Gasteiger partial charge in [-0.15, -0.1) is 0 Å². The Morgan fingerprint density at radius 1 is 1.22 bits per heavy atom. The fourth-order valence-electron chi connectivity index (χ4n) is 4.18. The minimum atomic E-state index is -0.841. The number of thiazole rings is 1. The van der Waals surface area contributed by atoms with E-state index in [4.69, 9.17) is 20.8 Å².